The van der Waals surface area contributed by atoms with Gasteiger partial charge in [-0.1, -0.05) is 24.3 Å². The van der Waals surface area contributed by atoms with Crippen molar-refractivity contribution in [1.29, 1.82) is 0 Å². The van der Waals surface area contributed by atoms with Crippen molar-refractivity contribution in [2.75, 3.05) is 26.9 Å². The molecule has 1 atom stereocenters. The lowest BCUT2D eigenvalue weighted by Crippen LogP contribution is -2.30. The molecule has 19 heavy (non-hydrogen) atoms. The Balaban J connectivity index is 2.36. The quantitative estimate of drug-likeness (QED) is 0.688. The van der Waals surface area contributed by atoms with Gasteiger partial charge in [-0.25, -0.2) is 0 Å². The molecule has 0 saturated carbocycles. The van der Waals surface area contributed by atoms with Crippen LogP contribution in [0.3, 0.4) is 0 Å². The Bertz CT molecular complexity index is 379. The predicted molar refractivity (Wildman–Crippen MR) is 73.6 cm³/mol. The normalized spacial score (nSPS) is 12.2. The number of amides is 1. The Labute approximate surface area is 114 Å². The van der Waals surface area contributed by atoms with Crippen LogP contribution in [0.2, 0.25) is 0 Å². The first-order valence-electron chi connectivity index (χ1n) is 6.32. The molecule has 5 heteroatoms. The minimum Gasteiger partial charge on any atom is -0.382 e. The maximum absolute atomic E-state index is 11.6. The predicted octanol–water partition coefficient (Wildman–Crippen LogP) is 0.986. The average Bonchev–Trinajstić information content (AvgIpc) is 2.43. The first-order valence-corrected chi connectivity index (χ1v) is 6.32. The zero-order valence-corrected chi connectivity index (χ0v) is 11.5. The summed E-state index contributed by atoms with van der Waals surface area (Å²) in [6.07, 6.45) is 0. The molecule has 1 unspecified atom stereocenters. The molecular weight excluding hydrogens is 244 g/mol. The van der Waals surface area contributed by atoms with E-state index < -0.39 is 0 Å². The summed E-state index contributed by atoms with van der Waals surface area (Å²) in [5.74, 6) is -0.133. The highest BCUT2D eigenvalue weighted by Crippen LogP contribution is 2.13. The van der Waals surface area contributed by atoms with Gasteiger partial charge in [-0.15, -0.1) is 0 Å². The van der Waals surface area contributed by atoms with Crippen LogP contribution in [-0.2, 0) is 20.8 Å². The third-order valence-electron chi connectivity index (χ3n) is 2.76. The third kappa shape index (κ3) is 5.83. The Morgan fingerprint density at radius 3 is 2.58 bits per heavy atom. The lowest BCUT2D eigenvalue weighted by Gasteiger charge is -2.14. The number of carbonyl (C=O) groups is 1. The summed E-state index contributed by atoms with van der Waals surface area (Å²) in [5.41, 5.74) is 7.66. The van der Waals surface area contributed by atoms with Gasteiger partial charge in [-0.05, 0) is 18.1 Å². The first-order chi connectivity index (χ1) is 9.17. The Hall–Kier alpha value is -1.43. The first kappa shape index (κ1) is 15.6. The molecule has 1 amide bonds. The Morgan fingerprint density at radius 2 is 2.00 bits per heavy atom. The Kier molecular flexibility index (Phi) is 7.10. The van der Waals surface area contributed by atoms with Gasteiger partial charge in [-0.2, -0.15) is 0 Å². The van der Waals surface area contributed by atoms with Gasteiger partial charge in [0.15, 0.2) is 0 Å². The van der Waals surface area contributed by atoms with Crippen LogP contribution in [0.4, 0.5) is 0 Å². The molecule has 1 aromatic carbocycles. The standard InChI is InChI=1S/C14H22N2O3/c1-11(13-5-3-12(9-15)4-6-13)16-14(17)10-19-8-7-18-2/h3-6,11H,7-10,15H2,1-2H3,(H,16,17). The van der Waals surface area contributed by atoms with Crippen LogP contribution in [0.5, 0.6) is 0 Å². The number of methoxy groups -OCH3 is 1. The number of hydrogen-bond acceptors (Lipinski definition) is 4. The fourth-order valence-corrected chi connectivity index (χ4v) is 1.62. The number of hydrogen-bond donors (Lipinski definition) is 2. The van der Waals surface area contributed by atoms with Gasteiger partial charge in [0.05, 0.1) is 19.3 Å². The molecule has 0 aliphatic carbocycles. The van der Waals surface area contributed by atoms with Crippen LogP contribution in [0.1, 0.15) is 24.1 Å². The molecule has 3 N–H and O–H groups in total. The number of rotatable bonds is 8. The van der Waals surface area contributed by atoms with E-state index in [0.717, 1.165) is 11.1 Å². The van der Waals surface area contributed by atoms with E-state index in [4.69, 9.17) is 15.2 Å². The zero-order chi connectivity index (χ0) is 14.1. The lowest BCUT2D eigenvalue weighted by molar-refractivity contribution is -0.126. The van der Waals surface area contributed by atoms with E-state index in [9.17, 15) is 4.79 Å². The molecule has 0 spiro atoms. The summed E-state index contributed by atoms with van der Waals surface area (Å²) < 4.78 is 9.98. The molecule has 0 aromatic heterocycles. The number of ether oxygens (including phenoxy) is 2. The summed E-state index contributed by atoms with van der Waals surface area (Å²) in [5, 5.41) is 2.87. The molecule has 0 aliphatic rings. The van der Waals surface area contributed by atoms with E-state index in [1.807, 2.05) is 31.2 Å². The molecule has 0 heterocycles. The SMILES string of the molecule is COCCOCC(=O)NC(C)c1ccc(CN)cc1. The molecule has 1 aromatic rings. The largest absolute Gasteiger partial charge is 0.382 e. The molecule has 1 rings (SSSR count). The number of benzene rings is 1. The van der Waals surface area contributed by atoms with Gasteiger partial charge in [-0.3, -0.25) is 4.79 Å². The summed E-state index contributed by atoms with van der Waals surface area (Å²) >= 11 is 0. The van der Waals surface area contributed by atoms with Gasteiger partial charge in [0.25, 0.3) is 0 Å². The van der Waals surface area contributed by atoms with Gasteiger partial charge in [0.1, 0.15) is 6.61 Å². The molecule has 0 radical (unpaired) electrons. The fourth-order valence-electron chi connectivity index (χ4n) is 1.62. The number of nitrogens with one attached hydrogen (secondary N) is 1. The van der Waals surface area contributed by atoms with Crippen LogP contribution in [0, 0.1) is 0 Å². The van der Waals surface area contributed by atoms with E-state index in [1.54, 1.807) is 7.11 Å². The van der Waals surface area contributed by atoms with Crippen molar-refractivity contribution in [3.63, 3.8) is 0 Å². The summed E-state index contributed by atoms with van der Waals surface area (Å²) in [6, 6.07) is 7.82. The molecule has 0 fully saturated rings. The number of carbonyl (C=O) groups excluding carboxylic acids is 1. The van der Waals surface area contributed by atoms with Gasteiger partial charge >= 0.3 is 0 Å². The smallest absolute Gasteiger partial charge is 0.246 e. The fraction of sp³-hybridized carbons (Fsp3) is 0.500. The molecule has 0 aliphatic heterocycles. The highest BCUT2D eigenvalue weighted by molar-refractivity contribution is 5.77. The second-order valence-corrected chi connectivity index (χ2v) is 4.28. The molecule has 0 bridgehead atoms. The topological polar surface area (TPSA) is 73.6 Å². The van der Waals surface area contributed by atoms with Crippen LogP contribution in [0.15, 0.2) is 24.3 Å². The van der Waals surface area contributed by atoms with Crippen molar-refractivity contribution in [3.05, 3.63) is 35.4 Å². The zero-order valence-electron chi connectivity index (χ0n) is 11.5. The minimum absolute atomic E-state index is 0.0502. The summed E-state index contributed by atoms with van der Waals surface area (Å²) in [7, 11) is 1.59. The van der Waals surface area contributed by atoms with E-state index in [-0.39, 0.29) is 18.6 Å². The third-order valence-corrected chi connectivity index (χ3v) is 2.76. The minimum atomic E-state index is -0.133. The van der Waals surface area contributed by atoms with Crippen molar-refractivity contribution in [3.8, 4) is 0 Å². The van der Waals surface area contributed by atoms with Crippen LogP contribution in [-0.4, -0.2) is 32.8 Å². The average molecular weight is 266 g/mol. The van der Waals surface area contributed by atoms with Crippen molar-refractivity contribution >= 4 is 5.91 Å². The van der Waals surface area contributed by atoms with Crippen LogP contribution in [0.25, 0.3) is 0 Å². The van der Waals surface area contributed by atoms with E-state index in [1.165, 1.54) is 0 Å². The maximum atomic E-state index is 11.6. The summed E-state index contributed by atoms with van der Waals surface area (Å²) in [6.45, 7) is 3.42. The molecule has 0 saturated heterocycles. The number of nitrogens with two attached hydrogens (primary N) is 1. The van der Waals surface area contributed by atoms with Crippen molar-refractivity contribution in [1.82, 2.24) is 5.32 Å². The van der Waals surface area contributed by atoms with Gasteiger partial charge in [0.2, 0.25) is 5.91 Å². The van der Waals surface area contributed by atoms with E-state index in [0.29, 0.717) is 19.8 Å². The molecule has 5 nitrogen and oxygen atoms in total. The van der Waals surface area contributed by atoms with Gasteiger partial charge in [0, 0.05) is 13.7 Å². The highest BCUT2D eigenvalue weighted by atomic mass is 16.5. The second kappa shape index (κ2) is 8.63. The van der Waals surface area contributed by atoms with Crippen LogP contribution < -0.4 is 11.1 Å². The van der Waals surface area contributed by atoms with Crippen LogP contribution >= 0.6 is 0 Å². The van der Waals surface area contributed by atoms with Gasteiger partial charge < -0.3 is 20.5 Å². The molecular formula is C14H22N2O3. The highest BCUT2D eigenvalue weighted by Gasteiger charge is 2.09. The Morgan fingerprint density at radius 1 is 1.32 bits per heavy atom. The lowest BCUT2D eigenvalue weighted by atomic mass is 10.1. The summed E-state index contributed by atoms with van der Waals surface area (Å²) in [4.78, 5) is 11.6. The molecule has 106 valence electrons. The van der Waals surface area contributed by atoms with Crippen molar-refractivity contribution in [2.45, 2.75) is 19.5 Å². The second-order valence-electron chi connectivity index (χ2n) is 4.28. The van der Waals surface area contributed by atoms with E-state index >= 15 is 0 Å². The van der Waals surface area contributed by atoms with E-state index in [2.05, 4.69) is 5.32 Å². The van der Waals surface area contributed by atoms with Crippen molar-refractivity contribution in [2.24, 2.45) is 5.73 Å². The van der Waals surface area contributed by atoms with Crippen molar-refractivity contribution < 1.29 is 14.3 Å². The monoisotopic (exact) mass is 266 g/mol. The maximum Gasteiger partial charge on any atom is 0.246 e.